The number of rotatable bonds is 6. The van der Waals surface area contributed by atoms with E-state index in [4.69, 9.17) is 9.84 Å². The van der Waals surface area contributed by atoms with E-state index in [2.05, 4.69) is 5.32 Å². The van der Waals surface area contributed by atoms with Gasteiger partial charge in [-0.1, -0.05) is 30.3 Å². The molecule has 4 nitrogen and oxygen atoms in total. The van der Waals surface area contributed by atoms with Gasteiger partial charge in [-0.15, -0.1) is 0 Å². The van der Waals surface area contributed by atoms with Gasteiger partial charge in [0.15, 0.2) is 0 Å². The minimum absolute atomic E-state index is 0.0742. The van der Waals surface area contributed by atoms with Crippen LogP contribution in [0.4, 0.5) is 0 Å². The lowest BCUT2D eigenvalue weighted by Gasteiger charge is -2.10. The van der Waals surface area contributed by atoms with Crippen molar-refractivity contribution in [2.45, 2.75) is 13.5 Å². The van der Waals surface area contributed by atoms with E-state index in [-0.39, 0.29) is 19.1 Å². The van der Waals surface area contributed by atoms with E-state index in [0.717, 1.165) is 5.56 Å². The van der Waals surface area contributed by atoms with Crippen LogP contribution in [-0.4, -0.2) is 24.2 Å². The number of aliphatic hydroxyl groups is 1. The lowest BCUT2D eigenvalue weighted by Crippen LogP contribution is -2.26. The molecule has 0 aromatic heterocycles. The third-order valence-corrected chi connectivity index (χ3v) is 3.15. The molecular weight excluding hydrogens is 266 g/mol. The molecule has 110 valence electrons. The highest BCUT2D eigenvalue weighted by atomic mass is 16.5. The lowest BCUT2D eigenvalue weighted by molar-refractivity contribution is 0.0944. The van der Waals surface area contributed by atoms with E-state index in [1.165, 1.54) is 5.56 Å². The van der Waals surface area contributed by atoms with Crippen LogP contribution in [0.5, 0.6) is 5.75 Å². The fourth-order valence-corrected chi connectivity index (χ4v) is 1.93. The number of carbonyl (C=O) groups is 1. The second kappa shape index (κ2) is 7.45. The Morgan fingerprint density at radius 2 is 2.00 bits per heavy atom. The zero-order valence-electron chi connectivity index (χ0n) is 12.0. The van der Waals surface area contributed by atoms with Crippen molar-refractivity contribution in [2.24, 2.45) is 0 Å². The first kappa shape index (κ1) is 15.1. The fraction of sp³-hybridized carbons (Fsp3) is 0.235. The molecule has 2 aromatic rings. The van der Waals surface area contributed by atoms with Gasteiger partial charge in [-0.25, -0.2) is 0 Å². The highest BCUT2D eigenvalue weighted by molar-refractivity contribution is 5.94. The monoisotopic (exact) mass is 285 g/mol. The first-order valence-corrected chi connectivity index (χ1v) is 6.87. The maximum Gasteiger partial charge on any atom is 0.251 e. The highest BCUT2D eigenvalue weighted by Gasteiger charge is 2.06. The third kappa shape index (κ3) is 4.33. The molecule has 4 heteroatoms. The van der Waals surface area contributed by atoms with Gasteiger partial charge in [0.05, 0.1) is 6.61 Å². The maximum absolute atomic E-state index is 11.8. The SMILES string of the molecule is Cc1ccccc1COc1cccc(C(=O)NCCO)c1. The minimum Gasteiger partial charge on any atom is -0.489 e. The Bertz CT molecular complexity index is 610. The summed E-state index contributed by atoms with van der Waals surface area (Å²) in [5, 5.41) is 11.3. The number of benzene rings is 2. The second-order valence-electron chi connectivity index (χ2n) is 4.72. The average Bonchev–Trinajstić information content (AvgIpc) is 2.52. The number of aliphatic hydroxyl groups excluding tert-OH is 1. The molecule has 0 fully saturated rings. The van der Waals surface area contributed by atoms with E-state index in [9.17, 15) is 4.79 Å². The molecular formula is C17H19NO3. The first-order chi connectivity index (χ1) is 10.2. The van der Waals surface area contributed by atoms with Crippen molar-refractivity contribution >= 4 is 5.91 Å². The molecule has 2 N–H and O–H groups in total. The molecule has 0 bridgehead atoms. The average molecular weight is 285 g/mol. The number of nitrogens with one attached hydrogen (secondary N) is 1. The Morgan fingerprint density at radius 1 is 1.19 bits per heavy atom. The van der Waals surface area contributed by atoms with Gasteiger partial charge in [0.25, 0.3) is 5.91 Å². The molecule has 21 heavy (non-hydrogen) atoms. The van der Waals surface area contributed by atoms with Crippen LogP contribution in [0.15, 0.2) is 48.5 Å². The van der Waals surface area contributed by atoms with Crippen molar-refractivity contribution in [3.63, 3.8) is 0 Å². The van der Waals surface area contributed by atoms with Crippen LogP contribution >= 0.6 is 0 Å². The molecule has 0 aliphatic rings. The predicted octanol–water partition coefficient (Wildman–Crippen LogP) is 2.30. The molecule has 0 aliphatic carbocycles. The summed E-state index contributed by atoms with van der Waals surface area (Å²) in [7, 11) is 0. The van der Waals surface area contributed by atoms with E-state index < -0.39 is 0 Å². The molecule has 0 unspecified atom stereocenters. The molecule has 2 aromatic carbocycles. The van der Waals surface area contributed by atoms with Crippen molar-refractivity contribution in [3.8, 4) is 5.75 Å². The van der Waals surface area contributed by atoms with Crippen LogP contribution in [0.1, 0.15) is 21.5 Å². The number of hydrogen-bond acceptors (Lipinski definition) is 3. The van der Waals surface area contributed by atoms with Gasteiger partial charge in [0.1, 0.15) is 12.4 Å². The number of amides is 1. The summed E-state index contributed by atoms with van der Waals surface area (Å²) in [6.07, 6.45) is 0. The standard InChI is InChI=1S/C17H19NO3/c1-13-5-2-3-6-15(13)12-21-16-8-4-7-14(11-16)17(20)18-9-10-19/h2-8,11,19H,9-10,12H2,1H3,(H,18,20). The van der Waals surface area contributed by atoms with Gasteiger partial charge in [-0.05, 0) is 36.2 Å². The van der Waals surface area contributed by atoms with Gasteiger partial charge >= 0.3 is 0 Å². The molecule has 0 spiro atoms. The Kier molecular flexibility index (Phi) is 5.35. The Hall–Kier alpha value is -2.33. The van der Waals surface area contributed by atoms with Gasteiger partial charge in [0, 0.05) is 12.1 Å². The van der Waals surface area contributed by atoms with Crippen molar-refractivity contribution in [3.05, 3.63) is 65.2 Å². The van der Waals surface area contributed by atoms with E-state index in [0.29, 0.717) is 17.9 Å². The van der Waals surface area contributed by atoms with Crippen LogP contribution in [0, 0.1) is 6.92 Å². The summed E-state index contributed by atoms with van der Waals surface area (Å²) < 4.78 is 5.74. The van der Waals surface area contributed by atoms with Crippen LogP contribution in [0.2, 0.25) is 0 Å². The van der Waals surface area contributed by atoms with Crippen LogP contribution < -0.4 is 10.1 Å². The summed E-state index contributed by atoms with van der Waals surface area (Å²) in [6.45, 7) is 2.67. The lowest BCUT2D eigenvalue weighted by atomic mass is 10.1. The molecule has 0 saturated carbocycles. The van der Waals surface area contributed by atoms with Crippen molar-refractivity contribution in [1.29, 1.82) is 0 Å². The van der Waals surface area contributed by atoms with E-state index in [1.54, 1.807) is 18.2 Å². The molecule has 0 radical (unpaired) electrons. The molecule has 0 heterocycles. The quantitative estimate of drug-likeness (QED) is 0.856. The Labute approximate surface area is 124 Å². The zero-order valence-corrected chi connectivity index (χ0v) is 12.0. The van der Waals surface area contributed by atoms with Gasteiger partial charge < -0.3 is 15.2 Å². The number of carbonyl (C=O) groups excluding carboxylic acids is 1. The fourth-order valence-electron chi connectivity index (χ4n) is 1.93. The second-order valence-corrected chi connectivity index (χ2v) is 4.72. The summed E-state index contributed by atoms with van der Waals surface area (Å²) >= 11 is 0. The molecule has 0 aliphatic heterocycles. The van der Waals surface area contributed by atoms with Gasteiger partial charge in [-0.3, -0.25) is 4.79 Å². The van der Waals surface area contributed by atoms with E-state index >= 15 is 0 Å². The topological polar surface area (TPSA) is 58.6 Å². The van der Waals surface area contributed by atoms with Crippen molar-refractivity contribution in [2.75, 3.05) is 13.2 Å². The predicted molar refractivity (Wildman–Crippen MR) is 81.4 cm³/mol. The highest BCUT2D eigenvalue weighted by Crippen LogP contribution is 2.16. The Morgan fingerprint density at radius 3 is 2.76 bits per heavy atom. The molecule has 1 amide bonds. The smallest absolute Gasteiger partial charge is 0.251 e. The summed E-state index contributed by atoms with van der Waals surface area (Å²) in [5.41, 5.74) is 2.81. The molecule has 2 rings (SSSR count). The van der Waals surface area contributed by atoms with Crippen LogP contribution in [-0.2, 0) is 6.61 Å². The molecule has 0 atom stereocenters. The van der Waals surface area contributed by atoms with Gasteiger partial charge in [0.2, 0.25) is 0 Å². The van der Waals surface area contributed by atoms with Crippen LogP contribution in [0.3, 0.4) is 0 Å². The van der Waals surface area contributed by atoms with Crippen LogP contribution in [0.25, 0.3) is 0 Å². The number of ether oxygens (including phenoxy) is 1. The zero-order chi connectivity index (χ0) is 15.1. The van der Waals surface area contributed by atoms with Crippen molar-refractivity contribution < 1.29 is 14.6 Å². The maximum atomic E-state index is 11.8. The third-order valence-electron chi connectivity index (χ3n) is 3.15. The summed E-state index contributed by atoms with van der Waals surface area (Å²) in [4.78, 5) is 11.8. The summed E-state index contributed by atoms with van der Waals surface area (Å²) in [6, 6.07) is 15.0. The largest absolute Gasteiger partial charge is 0.489 e. The number of aryl methyl sites for hydroxylation is 1. The van der Waals surface area contributed by atoms with E-state index in [1.807, 2.05) is 37.3 Å². The minimum atomic E-state index is -0.217. The number of hydrogen-bond donors (Lipinski definition) is 2. The summed E-state index contributed by atoms with van der Waals surface area (Å²) in [5.74, 6) is 0.431. The van der Waals surface area contributed by atoms with Gasteiger partial charge in [-0.2, -0.15) is 0 Å². The van der Waals surface area contributed by atoms with Crippen molar-refractivity contribution in [1.82, 2.24) is 5.32 Å². The molecule has 0 saturated heterocycles. The normalized spacial score (nSPS) is 10.2. The Balaban J connectivity index is 2.01. The first-order valence-electron chi connectivity index (χ1n) is 6.87.